The Morgan fingerprint density at radius 2 is 2.16 bits per heavy atom. The molecular weight excluding hydrogens is 242 g/mol. The number of hydrogen-bond acceptors (Lipinski definition) is 4. The van der Waals surface area contributed by atoms with Crippen molar-refractivity contribution in [1.29, 1.82) is 0 Å². The zero-order valence-corrected chi connectivity index (χ0v) is 11.7. The number of methoxy groups -OCH3 is 1. The van der Waals surface area contributed by atoms with Gasteiger partial charge in [0.15, 0.2) is 11.5 Å². The Kier molecular flexibility index (Phi) is 5.05. The van der Waals surface area contributed by atoms with Crippen molar-refractivity contribution >= 4 is 0 Å². The van der Waals surface area contributed by atoms with Gasteiger partial charge in [0.05, 0.1) is 13.2 Å². The zero-order chi connectivity index (χ0) is 13.7. The van der Waals surface area contributed by atoms with Gasteiger partial charge in [-0.1, -0.05) is 13.0 Å². The van der Waals surface area contributed by atoms with Crippen LogP contribution < -0.4 is 14.8 Å². The number of hydrogen-bond donors (Lipinski definition) is 2. The lowest BCUT2D eigenvalue weighted by atomic mass is 10.2. The van der Waals surface area contributed by atoms with E-state index < -0.39 is 0 Å². The predicted molar refractivity (Wildman–Crippen MR) is 74.6 cm³/mol. The fourth-order valence-electron chi connectivity index (χ4n) is 2.40. The van der Waals surface area contributed by atoms with E-state index in [9.17, 15) is 5.11 Å². The van der Waals surface area contributed by atoms with E-state index in [2.05, 4.69) is 12.2 Å². The lowest BCUT2D eigenvalue weighted by molar-refractivity contribution is 0.0585. The van der Waals surface area contributed by atoms with Crippen LogP contribution in [0.4, 0.5) is 0 Å². The van der Waals surface area contributed by atoms with Crippen LogP contribution in [0.3, 0.4) is 0 Å². The van der Waals surface area contributed by atoms with Gasteiger partial charge in [0.2, 0.25) is 0 Å². The molecule has 0 aliphatic heterocycles. The van der Waals surface area contributed by atoms with Gasteiger partial charge >= 0.3 is 0 Å². The van der Waals surface area contributed by atoms with Gasteiger partial charge in [0, 0.05) is 6.54 Å². The molecule has 0 heterocycles. The van der Waals surface area contributed by atoms with E-state index in [0.717, 1.165) is 49.4 Å². The Balaban J connectivity index is 2.11. The Labute approximate surface area is 114 Å². The number of aliphatic hydroxyl groups is 1. The van der Waals surface area contributed by atoms with Gasteiger partial charge < -0.3 is 19.9 Å². The van der Waals surface area contributed by atoms with Crippen LogP contribution in [0.2, 0.25) is 0 Å². The molecule has 1 saturated carbocycles. The van der Waals surface area contributed by atoms with Gasteiger partial charge in [-0.25, -0.2) is 0 Å². The molecule has 2 atom stereocenters. The highest BCUT2D eigenvalue weighted by Gasteiger charge is 2.27. The SMILES string of the molecule is CCNCc1ccc(OC)c(OC2CCCC2O)c1. The van der Waals surface area contributed by atoms with Crippen LogP contribution in [-0.4, -0.2) is 31.0 Å². The molecule has 1 fully saturated rings. The van der Waals surface area contributed by atoms with Crippen molar-refractivity contribution in [3.05, 3.63) is 23.8 Å². The molecule has 0 amide bonds. The molecule has 1 aromatic carbocycles. The highest BCUT2D eigenvalue weighted by molar-refractivity contribution is 5.43. The molecule has 2 unspecified atom stereocenters. The summed E-state index contributed by atoms with van der Waals surface area (Å²) in [7, 11) is 1.64. The maximum Gasteiger partial charge on any atom is 0.162 e. The molecule has 0 spiro atoms. The second-order valence-corrected chi connectivity index (χ2v) is 4.92. The summed E-state index contributed by atoms with van der Waals surface area (Å²) < 4.78 is 11.3. The third-order valence-corrected chi connectivity index (χ3v) is 3.50. The Bertz CT molecular complexity index is 408. The maximum absolute atomic E-state index is 9.85. The standard InChI is InChI=1S/C15H23NO3/c1-3-16-10-11-7-8-14(18-2)15(9-11)19-13-6-4-5-12(13)17/h7-9,12-13,16-17H,3-6,10H2,1-2H3. The van der Waals surface area contributed by atoms with Crippen molar-refractivity contribution in [2.45, 2.75) is 44.9 Å². The molecule has 1 aliphatic carbocycles. The fraction of sp³-hybridized carbons (Fsp3) is 0.600. The van der Waals surface area contributed by atoms with Gasteiger partial charge in [-0.3, -0.25) is 0 Å². The number of rotatable bonds is 6. The molecule has 0 aromatic heterocycles. The number of nitrogens with one attached hydrogen (secondary N) is 1. The van der Waals surface area contributed by atoms with Crippen molar-refractivity contribution in [2.24, 2.45) is 0 Å². The molecule has 2 N–H and O–H groups in total. The molecule has 2 rings (SSSR count). The Morgan fingerprint density at radius 1 is 1.32 bits per heavy atom. The smallest absolute Gasteiger partial charge is 0.162 e. The lowest BCUT2D eigenvalue weighted by Gasteiger charge is -2.19. The van der Waals surface area contributed by atoms with E-state index in [4.69, 9.17) is 9.47 Å². The van der Waals surface area contributed by atoms with E-state index in [1.54, 1.807) is 7.11 Å². The fourth-order valence-corrected chi connectivity index (χ4v) is 2.40. The average Bonchev–Trinajstić information content (AvgIpc) is 2.82. The minimum Gasteiger partial charge on any atom is -0.493 e. The topological polar surface area (TPSA) is 50.7 Å². The van der Waals surface area contributed by atoms with Crippen LogP contribution in [0.1, 0.15) is 31.7 Å². The summed E-state index contributed by atoms with van der Waals surface area (Å²) in [6.07, 6.45) is 2.28. The van der Waals surface area contributed by atoms with Crippen LogP contribution in [0.25, 0.3) is 0 Å². The molecule has 4 heteroatoms. The molecular formula is C15H23NO3. The number of benzene rings is 1. The van der Waals surface area contributed by atoms with Gasteiger partial charge in [-0.2, -0.15) is 0 Å². The summed E-state index contributed by atoms with van der Waals surface area (Å²) in [4.78, 5) is 0. The van der Waals surface area contributed by atoms with E-state index >= 15 is 0 Å². The molecule has 0 bridgehead atoms. The van der Waals surface area contributed by atoms with Crippen molar-refractivity contribution in [3.63, 3.8) is 0 Å². The normalized spacial score (nSPS) is 22.5. The molecule has 0 radical (unpaired) electrons. The average molecular weight is 265 g/mol. The van der Waals surface area contributed by atoms with Crippen molar-refractivity contribution in [1.82, 2.24) is 5.32 Å². The van der Waals surface area contributed by atoms with Crippen LogP contribution in [-0.2, 0) is 6.54 Å². The molecule has 106 valence electrons. The van der Waals surface area contributed by atoms with E-state index in [-0.39, 0.29) is 12.2 Å². The monoisotopic (exact) mass is 265 g/mol. The summed E-state index contributed by atoms with van der Waals surface area (Å²) in [5, 5.41) is 13.1. The van der Waals surface area contributed by atoms with Crippen LogP contribution >= 0.6 is 0 Å². The number of ether oxygens (including phenoxy) is 2. The maximum atomic E-state index is 9.85. The third-order valence-electron chi connectivity index (χ3n) is 3.50. The van der Waals surface area contributed by atoms with Gasteiger partial charge in [-0.05, 0) is 43.5 Å². The largest absolute Gasteiger partial charge is 0.493 e. The first-order valence-electron chi connectivity index (χ1n) is 6.97. The van der Waals surface area contributed by atoms with Crippen LogP contribution in [0.5, 0.6) is 11.5 Å². The molecule has 1 aliphatic rings. The van der Waals surface area contributed by atoms with Gasteiger partial charge in [0.25, 0.3) is 0 Å². The highest BCUT2D eigenvalue weighted by atomic mass is 16.5. The van der Waals surface area contributed by atoms with Gasteiger partial charge in [-0.15, -0.1) is 0 Å². The van der Waals surface area contributed by atoms with Crippen molar-refractivity contribution in [3.8, 4) is 11.5 Å². The first kappa shape index (κ1) is 14.2. The van der Waals surface area contributed by atoms with Crippen molar-refractivity contribution in [2.75, 3.05) is 13.7 Å². The highest BCUT2D eigenvalue weighted by Crippen LogP contribution is 2.32. The predicted octanol–water partition coefficient (Wildman–Crippen LogP) is 2.10. The second-order valence-electron chi connectivity index (χ2n) is 4.92. The van der Waals surface area contributed by atoms with Crippen LogP contribution in [0.15, 0.2) is 18.2 Å². The van der Waals surface area contributed by atoms with E-state index in [1.807, 2.05) is 18.2 Å². The van der Waals surface area contributed by atoms with Crippen LogP contribution in [0, 0.1) is 0 Å². The van der Waals surface area contributed by atoms with E-state index in [1.165, 1.54) is 0 Å². The summed E-state index contributed by atoms with van der Waals surface area (Å²) >= 11 is 0. The zero-order valence-electron chi connectivity index (χ0n) is 11.7. The molecule has 0 saturated heterocycles. The van der Waals surface area contributed by atoms with Crippen molar-refractivity contribution < 1.29 is 14.6 Å². The van der Waals surface area contributed by atoms with E-state index in [0.29, 0.717) is 0 Å². The third kappa shape index (κ3) is 3.61. The summed E-state index contributed by atoms with van der Waals surface area (Å²) in [6, 6.07) is 5.94. The Hall–Kier alpha value is -1.26. The Morgan fingerprint density at radius 3 is 2.79 bits per heavy atom. The minimum atomic E-state index is -0.359. The summed E-state index contributed by atoms with van der Waals surface area (Å²) in [6.45, 7) is 3.82. The summed E-state index contributed by atoms with van der Waals surface area (Å²) in [5.74, 6) is 1.45. The minimum absolute atomic E-state index is 0.108. The second kappa shape index (κ2) is 6.78. The number of aliphatic hydroxyl groups excluding tert-OH is 1. The molecule has 1 aromatic rings. The molecule has 4 nitrogen and oxygen atoms in total. The lowest BCUT2D eigenvalue weighted by Crippen LogP contribution is -2.25. The molecule has 19 heavy (non-hydrogen) atoms. The first-order valence-corrected chi connectivity index (χ1v) is 6.97. The van der Waals surface area contributed by atoms with Gasteiger partial charge in [0.1, 0.15) is 6.10 Å². The quantitative estimate of drug-likeness (QED) is 0.827. The first-order chi connectivity index (χ1) is 9.24. The summed E-state index contributed by atoms with van der Waals surface area (Å²) in [5.41, 5.74) is 1.16.